The molecule has 3 nitrogen and oxygen atoms in total. The Morgan fingerprint density at radius 3 is 2.62 bits per heavy atom. The van der Waals surface area contributed by atoms with Crippen LogP contribution in [0.15, 0.2) is 11.1 Å². The van der Waals surface area contributed by atoms with Crippen LogP contribution in [0.2, 0.25) is 0 Å². The molecule has 0 radical (unpaired) electrons. The van der Waals surface area contributed by atoms with E-state index in [0.29, 0.717) is 5.92 Å². The SMILES string of the molecule is CCc1c(C(C)C)ncn(C)c1=O. The quantitative estimate of drug-likeness (QED) is 0.690. The molecule has 72 valence electrons. The first-order valence-corrected chi connectivity index (χ1v) is 4.62. The van der Waals surface area contributed by atoms with E-state index >= 15 is 0 Å². The lowest BCUT2D eigenvalue weighted by atomic mass is 10.0. The Morgan fingerprint density at radius 2 is 2.15 bits per heavy atom. The van der Waals surface area contributed by atoms with E-state index in [1.807, 2.05) is 6.92 Å². The summed E-state index contributed by atoms with van der Waals surface area (Å²) in [5.41, 5.74) is 1.87. The normalized spacial score (nSPS) is 10.8. The molecule has 13 heavy (non-hydrogen) atoms. The van der Waals surface area contributed by atoms with E-state index in [9.17, 15) is 4.79 Å². The van der Waals surface area contributed by atoms with Gasteiger partial charge in [0.2, 0.25) is 0 Å². The third kappa shape index (κ3) is 1.79. The smallest absolute Gasteiger partial charge is 0.256 e. The molecule has 0 bridgehead atoms. The predicted octanol–water partition coefficient (Wildman–Crippen LogP) is 1.47. The second-order valence-corrected chi connectivity index (χ2v) is 3.53. The van der Waals surface area contributed by atoms with Crippen LogP contribution >= 0.6 is 0 Å². The lowest BCUT2D eigenvalue weighted by molar-refractivity contribution is 0.726. The van der Waals surface area contributed by atoms with Gasteiger partial charge in [-0.1, -0.05) is 20.8 Å². The summed E-state index contributed by atoms with van der Waals surface area (Å²) in [6, 6.07) is 0. The van der Waals surface area contributed by atoms with Crippen molar-refractivity contribution >= 4 is 0 Å². The standard InChI is InChI=1S/C10H16N2O/c1-5-8-9(7(2)3)11-6-12(4)10(8)13/h6-7H,5H2,1-4H3. The lowest BCUT2D eigenvalue weighted by Gasteiger charge is -2.10. The maximum absolute atomic E-state index is 11.6. The van der Waals surface area contributed by atoms with Crippen LogP contribution in [0.4, 0.5) is 0 Å². The highest BCUT2D eigenvalue weighted by Gasteiger charge is 2.10. The number of nitrogens with zero attached hydrogens (tertiary/aromatic N) is 2. The minimum absolute atomic E-state index is 0.0844. The van der Waals surface area contributed by atoms with Crippen LogP contribution in [-0.2, 0) is 13.5 Å². The molecule has 1 aromatic heterocycles. The van der Waals surface area contributed by atoms with Crippen molar-refractivity contribution < 1.29 is 0 Å². The van der Waals surface area contributed by atoms with Crippen LogP contribution in [0.3, 0.4) is 0 Å². The Labute approximate surface area is 78.4 Å². The summed E-state index contributed by atoms with van der Waals surface area (Å²) in [5.74, 6) is 0.323. The minimum Gasteiger partial charge on any atom is -0.302 e. The van der Waals surface area contributed by atoms with Crippen molar-refractivity contribution in [3.63, 3.8) is 0 Å². The van der Waals surface area contributed by atoms with Gasteiger partial charge in [-0.15, -0.1) is 0 Å². The molecular formula is C10H16N2O. The van der Waals surface area contributed by atoms with E-state index in [1.165, 1.54) is 4.57 Å². The fraction of sp³-hybridized carbons (Fsp3) is 0.600. The minimum atomic E-state index is 0.0844. The number of aromatic nitrogens is 2. The molecule has 0 aromatic carbocycles. The Balaban J connectivity index is 3.39. The van der Waals surface area contributed by atoms with E-state index in [2.05, 4.69) is 18.8 Å². The molecule has 0 spiro atoms. The third-order valence-electron chi connectivity index (χ3n) is 2.16. The van der Waals surface area contributed by atoms with E-state index < -0.39 is 0 Å². The molecule has 1 heterocycles. The fourth-order valence-corrected chi connectivity index (χ4v) is 1.43. The van der Waals surface area contributed by atoms with Gasteiger partial charge in [0, 0.05) is 12.6 Å². The summed E-state index contributed by atoms with van der Waals surface area (Å²) in [7, 11) is 1.73. The van der Waals surface area contributed by atoms with Crippen LogP contribution in [0.1, 0.15) is 37.9 Å². The predicted molar refractivity (Wildman–Crippen MR) is 52.9 cm³/mol. The Hall–Kier alpha value is -1.12. The first-order chi connectivity index (χ1) is 6.07. The number of aryl methyl sites for hydroxylation is 1. The monoisotopic (exact) mass is 180 g/mol. The number of hydrogen-bond donors (Lipinski definition) is 0. The molecule has 1 rings (SSSR count). The summed E-state index contributed by atoms with van der Waals surface area (Å²) >= 11 is 0. The van der Waals surface area contributed by atoms with Crippen LogP contribution in [-0.4, -0.2) is 9.55 Å². The van der Waals surface area contributed by atoms with Crippen LogP contribution in [0.25, 0.3) is 0 Å². The molecule has 0 amide bonds. The molecule has 0 N–H and O–H groups in total. The van der Waals surface area contributed by atoms with E-state index in [0.717, 1.165) is 17.7 Å². The van der Waals surface area contributed by atoms with Crippen molar-refractivity contribution in [2.45, 2.75) is 33.1 Å². The molecule has 0 saturated carbocycles. The summed E-state index contributed by atoms with van der Waals surface area (Å²) < 4.78 is 1.53. The van der Waals surface area contributed by atoms with Gasteiger partial charge in [0.05, 0.1) is 12.0 Å². The molecule has 0 saturated heterocycles. The Morgan fingerprint density at radius 1 is 1.54 bits per heavy atom. The first-order valence-electron chi connectivity index (χ1n) is 4.62. The van der Waals surface area contributed by atoms with Gasteiger partial charge < -0.3 is 4.57 Å². The van der Waals surface area contributed by atoms with Crippen LogP contribution in [0, 0.1) is 0 Å². The zero-order chi connectivity index (χ0) is 10.0. The topological polar surface area (TPSA) is 34.9 Å². The summed E-state index contributed by atoms with van der Waals surface area (Å²) in [4.78, 5) is 15.9. The molecule has 0 aliphatic carbocycles. The average Bonchev–Trinajstić information content (AvgIpc) is 2.09. The lowest BCUT2D eigenvalue weighted by Crippen LogP contribution is -2.24. The molecule has 0 aliphatic heterocycles. The fourth-order valence-electron chi connectivity index (χ4n) is 1.43. The molecule has 0 fully saturated rings. The average molecular weight is 180 g/mol. The molecule has 3 heteroatoms. The van der Waals surface area contributed by atoms with Crippen molar-refractivity contribution in [1.29, 1.82) is 0 Å². The Kier molecular flexibility index (Phi) is 2.86. The highest BCUT2D eigenvalue weighted by atomic mass is 16.1. The second kappa shape index (κ2) is 3.73. The van der Waals surface area contributed by atoms with Gasteiger partial charge in [-0.25, -0.2) is 4.98 Å². The molecule has 0 unspecified atom stereocenters. The maximum atomic E-state index is 11.6. The van der Waals surface area contributed by atoms with Gasteiger partial charge in [0.15, 0.2) is 0 Å². The maximum Gasteiger partial charge on any atom is 0.256 e. The molecule has 1 aromatic rings. The van der Waals surface area contributed by atoms with Gasteiger partial charge in [-0.2, -0.15) is 0 Å². The van der Waals surface area contributed by atoms with Crippen molar-refractivity contribution in [3.05, 3.63) is 27.9 Å². The van der Waals surface area contributed by atoms with Crippen molar-refractivity contribution in [1.82, 2.24) is 9.55 Å². The zero-order valence-corrected chi connectivity index (χ0v) is 8.66. The molecule has 0 aliphatic rings. The van der Waals surface area contributed by atoms with Crippen LogP contribution < -0.4 is 5.56 Å². The van der Waals surface area contributed by atoms with Crippen LogP contribution in [0.5, 0.6) is 0 Å². The number of rotatable bonds is 2. The third-order valence-corrected chi connectivity index (χ3v) is 2.16. The van der Waals surface area contributed by atoms with E-state index in [4.69, 9.17) is 0 Å². The Bertz CT molecular complexity index is 352. The summed E-state index contributed by atoms with van der Waals surface area (Å²) in [6.45, 7) is 6.10. The summed E-state index contributed by atoms with van der Waals surface area (Å²) in [6.07, 6.45) is 2.35. The van der Waals surface area contributed by atoms with Crippen molar-refractivity contribution in [2.75, 3.05) is 0 Å². The zero-order valence-electron chi connectivity index (χ0n) is 8.66. The van der Waals surface area contributed by atoms with E-state index in [-0.39, 0.29) is 5.56 Å². The highest BCUT2D eigenvalue weighted by molar-refractivity contribution is 5.19. The second-order valence-electron chi connectivity index (χ2n) is 3.53. The van der Waals surface area contributed by atoms with E-state index in [1.54, 1.807) is 13.4 Å². The molecule has 0 atom stereocenters. The van der Waals surface area contributed by atoms with Crippen molar-refractivity contribution in [3.8, 4) is 0 Å². The van der Waals surface area contributed by atoms with Crippen molar-refractivity contribution in [2.24, 2.45) is 7.05 Å². The molecular weight excluding hydrogens is 164 g/mol. The first kappa shape index (κ1) is 9.96. The van der Waals surface area contributed by atoms with Gasteiger partial charge in [-0.05, 0) is 12.3 Å². The van der Waals surface area contributed by atoms with Gasteiger partial charge in [0.1, 0.15) is 0 Å². The largest absolute Gasteiger partial charge is 0.302 e. The number of hydrogen-bond acceptors (Lipinski definition) is 2. The van der Waals surface area contributed by atoms with Gasteiger partial charge in [-0.3, -0.25) is 4.79 Å². The van der Waals surface area contributed by atoms with Gasteiger partial charge >= 0.3 is 0 Å². The summed E-state index contributed by atoms with van der Waals surface area (Å²) in [5, 5.41) is 0. The van der Waals surface area contributed by atoms with Gasteiger partial charge in [0.25, 0.3) is 5.56 Å². The highest BCUT2D eigenvalue weighted by Crippen LogP contribution is 2.13.